The molecule has 0 N–H and O–H groups in total. The van der Waals surface area contributed by atoms with Crippen molar-refractivity contribution in [2.75, 3.05) is 0 Å². The average molecular weight is 217 g/mol. The van der Waals surface area contributed by atoms with Gasteiger partial charge in [0, 0.05) is 0 Å². The maximum absolute atomic E-state index is 3.93. The van der Waals surface area contributed by atoms with Crippen LogP contribution in [0.5, 0.6) is 0 Å². The number of aryl methyl sites for hydroxylation is 1. The lowest BCUT2D eigenvalue weighted by Gasteiger charge is -2.04. The molecule has 1 rings (SSSR count). The van der Waals surface area contributed by atoms with Gasteiger partial charge in [0.05, 0.1) is 0 Å². The first-order chi connectivity index (χ1) is 7.86. The van der Waals surface area contributed by atoms with Crippen molar-refractivity contribution in [3.05, 3.63) is 42.3 Å². The van der Waals surface area contributed by atoms with Crippen LogP contribution < -0.4 is 0 Å². The molecule has 0 amide bonds. The van der Waals surface area contributed by atoms with Gasteiger partial charge in [0.2, 0.25) is 0 Å². The number of hydrogen-bond donors (Lipinski definition) is 0. The molecule has 0 aromatic heterocycles. The minimum absolute atomic E-state index is 0.907. The van der Waals surface area contributed by atoms with Crippen LogP contribution in [0.1, 0.15) is 56.6 Å². The summed E-state index contributed by atoms with van der Waals surface area (Å²) < 4.78 is 0. The molecule has 16 heavy (non-hydrogen) atoms. The Morgan fingerprint density at radius 2 is 1.62 bits per heavy atom. The van der Waals surface area contributed by atoms with Crippen molar-refractivity contribution < 1.29 is 0 Å². The Bertz CT molecular complexity index is 275. The standard InChI is InChI=1S/C16H25/c1-3-5-6-7-8-9-11-16-13-10-12-15(4-2)14-16/h10,12-14H,2-9,11H2,1H3. The largest absolute Gasteiger partial charge is 0.0654 e. The summed E-state index contributed by atoms with van der Waals surface area (Å²) in [5.74, 6) is 0. The molecule has 0 nitrogen and oxygen atoms in total. The van der Waals surface area contributed by atoms with Crippen molar-refractivity contribution in [1.82, 2.24) is 0 Å². The van der Waals surface area contributed by atoms with Gasteiger partial charge >= 0.3 is 0 Å². The summed E-state index contributed by atoms with van der Waals surface area (Å²) >= 11 is 0. The first-order valence-electron chi connectivity index (χ1n) is 6.74. The molecule has 0 spiro atoms. The number of unbranched alkanes of at least 4 members (excludes halogenated alkanes) is 5. The Hall–Kier alpha value is -0.780. The summed E-state index contributed by atoms with van der Waals surface area (Å²) in [6, 6.07) is 8.87. The Morgan fingerprint density at radius 1 is 0.938 bits per heavy atom. The van der Waals surface area contributed by atoms with Crippen LogP contribution in [0.15, 0.2) is 24.3 Å². The second-order valence-electron chi connectivity index (χ2n) is 4.59. The summed E-state index contributed by atoms with van der Waals surface area (Å²) in [5, 5.41) is 0. The number of rotatable bonds is 8. The summed E-state index contributed by atoms with van der Waals surface area (Å²) in [4.78, 5) is 0. The molecule has 89 valence electrons. The van der Waals surface area contributed by atoms with Gasteiger partial charge in [0.25, 0.3) is 0 Å². The van der Waals surface area contributed by atoms with Crippen LogP contribution in [0.25, 0.3) is 0 Å². The smallest absolute Gasteiger partial charge is 0.0279 e. The van der Waals surface area contributed by atoms with Crippen LogP contribution in [0.2, 0.25) is 0 Å². The molecule has 0 aliphatic rings. The van der Waals surface area contributed by atoms with Crippen molar-refractivity contribution in [2.24, 2.45) is 0 Å². The van der Waals surface area contributed by atoms with Gasteiger partial charge in [-0.05, 0) is 37.3 Å². The molecule has 1 aromatic carbocycles. The molecular formula is C16H25. The van der Waals surface area contributed by atoms with Crippen LogP contribution in [0.4, 0.5) is 0 Å². The van der Waals surface area contributed by atoms with E-state index in [1.54, 1.807) is 0 Å². The molecule has 1 aromatic rings. The maximum atomic E-state index is 3.93. The molecule has 0 heteroatoms. The molecular weight excluding hydrogens is 192 g/mol. The van der Waals surface area contributed by atoms with Gasteiger partial charge in [-0.1, -0.05) is 63.3 Å². The van der Waals surface area contributed by atoms with E-state index in [4.69, 9.17) is 0 Å². The third-order valence-corrected chi connectivity index (χ3v) is 3.10. The second-order valence-corrected chi connectivity index (χ2v) is 4.59. The van der Waals surface area contributed by atoms with Crippen LogP contribution in [-0.4, -0.2) is 0 Å². The van der Waals surface area contributed by atoms with E-state index in [0.717, 1.165) is 6.42 Å². The molecule has 0 saturated heterocycles. The quantitative estimate of drug-likeness (QED) is 0.539. The monoisotopic (exact) mass is 217 g/mol. The van der Waals surface area contributed by atoms with E-state index in [2.05, 4.69) is 38.1 Å². The Labute approximate surface area is 101 Å². The van der Waals surface area contributed by atoms with E-state index in [1.165, 1.54) is 56.1 Å². The fourth-order valence-corrected chi connectivity index (χ4v) is 2.05. The molecule has 0 unspecified atom stereocenters. The predicted molar refractivity (Wildman–Crippen MR) is 72.6 cm³/mol. The van der Waals surface area contributed by atoms with Crippen LogP contribution in [0.3, 0.4) is 0 Å². The van der Waals surface area contributed by atoms with Gasteiger partial charge in [0.1, 0.15) is 0 Å². The van der Waals surface area contributed by atoms with E-state index in [1.807, 2.05) is 0 Å². The third-order valence-electron chi connectivity index (χ3n) is 3.10. The lowest BCUT2D eigenvalue weighted by molar-refractivity contribution is 0.607. The summed E-state index contributed by atoms with van der Waals surface area (Å²) in [7, 11) is 0. The number of benzene rings is 1. The van der Waals surface area contributed by atoms with Gasteiger partial charge in [0.15, 0.2) is 0 Å². The van der Waals surface area contributed by atoms with Crippen LogP contribution in [0, 0.1) is 6.92 Å². The Kier molecular flexibility index (Phi) is 6.96. The van der Waals surface area contributed by atoms with Gasteiger partial charge in [-0.3, -0.25) is 0 Å². The zero-order valence-corrected chi connectivity index (χ0v) is 10.7. The van der Waals surface area contributed by atoms with Crippen molar-refractivity contribution in [3.63, 3.8) is 0 Å². The van der Waals surface area contributed by atoms with E-state index >= 15 is 0 Å². The molecule has 1 radical (unpaired) electrons. The van der Waals surface area contributed by atoms with Crippen molar-refractivity contribution in [1.29, 1.82) is 0 Å². The molecule has 0 aliphatic heterocycles. The fraction of sp³-hybridized carbons (Fsp3) is 0.562. The number of hydrogen-bond acceptors (Lipinski definition) is 0. The maximum Gasteiger partial charge on any atom is -0.0279 e. The predicted octanol–water partition coefficient (Wildman–Crippen LogP) is 4.97. The molecule has 0 saturated carbocycles. The lowest BCUT2D eigenvalue weighted by atomic mass is 10.0. The first kappa shape index (κ1) is 13.3. The van der Waals surface area contributed by atoms with E-state index in [9.17, 15) is 0 Å². The lowest BCUT2D eigenvalue weighted by Crippen LogP contribution is -1.88. The van der Waals surface area contributed by atoms with Gasteiger partial charge in [-0.2, -0.15) is 0 Å². The third kappa shape index (κ3) is 5.34. The topological polar surface area (TPSA) is 0 Å². The normalized spacial score (nSPS) is 10.6. The van der Waals surface area contributed by atoms with Gasteiger partial charge < -0.3 is 0 Å². The molecule has 0 atom stereocenters. The van der Waals surface area contributed by atoms with Gasteiger partial charge in [-0.15, -0.1) is 0 Å². The second kappa shape index (κ2) is 8.38. The van der Waals surface area contributed by atoms with Gasteiger partial charge in [-0.25, -0.2) is 0 Å². The molecule has 0 bridgehead atoms. The highest BCUT2D eigenvalue weighted by Gasteiger charge is 1.95. The highest BCUT2D eigenvalue weighted by molar-refractivity contribution is 5.23. The highest BCUT2D eigenvalue weighted by Crippen LogP contribution is 2.11. The summed E-state index contributed by atoms with van der Waals surface area (Å²) in [5.41, 5.74) is 2.85. The van der Waals surface area contributed by atoms with E-state index < -0.39 is 0 Å². The molecule has 0 heterocycles. The minimum Gasteiger partial charge on any atom is -0.0654 e. The van der Waals surface area contributed by atoms with Crippen molar-refractivity contribution >= 4 is 0 Å². The van der Waals surface area contributed by atoms with Crippen LogP contribution in [-0.2, 0) is 12.8 Å². The summed E-state index contributed by atoms with van der Waals surface area (Å²) in [6.45, 7) is 6.20. The SMILES string of the molecule is [CH2]Cc1cccc(CCCCCCCC)c1. The highest BCUT2D eigenvalue weighted by atomic mass is 14.0. The first-order valence-corrected chi connectivity index (χ1v) is 6.74. The van der Waals surface area contributed by atoms with E-state index in [-0.39, 0.29) is 0 Å². The zero-order valence-electron chi connectivity index (χ0n) is 10.7. The Morgan fingerprint density at radius 3 is 2.38 bits per heavy atom. The van der Waals surface area contributed by atoms with Crippen molar-refractivity contribution in [2.45, 2.75) is 58.3 Å². The van der Waals surface area contributed by atoms with E-state index in [0.29, 0.717) is 0 Å². The zero-order chi connectivity index (χ0) is 11.6. The fourth-order valence-electron chi connectivity index (χ4n) is 2.05. The van der Waals surface area contributed by atoms with Crippen molar-refractivity contribution in [3.8, 4) is 0 Å². The average Bonchev–Trinajstić information content (AvgIpc) is 2.34. The van der Waals surface area contributed by atoms with Crippen LogP contribution >= 0.6 is 0 Å². The Balaban J connectivity index is 2.16. The minimum atomic E-state index is 0.907. The summed E-state index contributed by atoms with van der Waals surface area (Å²) in [6.07, 6.45) is 10.4. The molecule has 0 fully saturated rings. The molecule has 0 aliphatic carbocycles.